The average Bonchev–Trinajstić information content (AvgIpc) is 3.44. The van der Waals surface area contributed by atoms with Crippen LogP contribution in [0.2, 0.25) is 0 Å². The van der Waals surface area contributed by atoms with Gasteiger partial charge in [0.25, 0.3) is 0 Å². The summed E-state index contributed by atoms with van der Waals surface area (Å²) in [6.07, 6.45) is 5.02. The summed E-state index contributed by atoms with van der Waals surface area (Å²) >= 11 is 0. The van der Waals surface area contributed by atoms with Crippen LogP contribution in [0.5, 0.6) is 5.75 Å². The van der Waals surface area contributed by atoms with Gasteiger partial charge in [-0.15, -0.1) is 0 Å². The second-order valence-electron chi connectivity index (χ2n) is 8.14. The molecule has 0 radical (unpaired) electrons. The van der Waals surface area contributed by atoms with Crippen LogP contribution < -0.4 is 10.1 Å². The molecule has 0 bridgehead atoms. The van der Waals surface area contributed by atoms with Crippen molar-refractivity contribution in [2.75, 3.05) is 31.2 Å². The van der Waals surface area contributed by atoms with Gasteiger partial charge in [0, 0.05) is 24.2 Å². The van der Waals surface area contributed by atoms with Gasteiger partial charge in [-0.3, -0.25) is 15.1 Å². The first-order valence-corrected chi connectivity index (χ1v) is 12.1. The second-order valence-corrected chi connectivity index (χ2v) is 10.4. The number of sulfone groups is 1. The quantitative estimate of drug-likeness (QED) is 0.394. The number of halogens is 1. The maximum absolute atomic E-state index is 13.9. The van der Waals surface area contributed by atoms with Crippen molar-refractivity contribution in [2.45, 2.75) is 44.9 Å². The molecule has 1 saturated heterocycles. The number of amides is 3. The monoisotopic (exact) mass is 441 g/mol. The normalized spacial score (nSPS) is 17.9. The highest BCUT2D eigenvalue weighted by molar-refractivity contribution is 7.91. The first-order valence-electron chi connectivity index (χ1n) is 10.3. The number of hydrogen-bond acceptors (Lipinski definition) is 6. The third-order valence-electron chi connectivity index (χ3n) is 5.27. The summed E-state index contributed by atoms with van der Waals surface area (Å²) in [6, 6.07) is 1.11. The number of carbonyl (C=O) groups excluding carboxylic acids is 2. The van der Waals surface area contributed by atoms with E-state index in [1.807, 2.05) is 0 Å². The smallest absolute Gasteiger partial charge is 0.324 e. The van der Waals surface area contributed by atoms with E-state index in [0.717, 1.165) is 19.0 Å². The van der Waals surface area contributed by atoms with E-state index in [2.05, 4.69) is 10.3 Å². The highest BCUT2D eigenvalue weighted by Gasteiger charge is 2.26. The molecule has 1 saturated carbocycles. The maximum Gasteiger partial charge on any atom is 0.324 e. The van der Waals surface area contributed by atoms with E-state index < -0.39 is 21.7 Å². The fourth-order valence-electron chi connectivity index (χ4n) is 3.32. The van der Waals surface area contributed by atoms with Gasteiger partial charge >= 0.3 is 6.03 Å². The van der Waals surface area contributed by atoms with Crippen LogP contribution in [0.4, 0.5) is 9.18 Å². The van der Waals surface area contributed by atoms with Crippen molar-refractivity contribution in [3.63, 3.8) is 0 Å². The van der Waals surface area contributed by atoms with Crippen LogP contribution in [0.15, 0.2) is 12.3 Å². The third-order valence-corrected chi connectivity index (χ3v) is 7.19. The van der Waals surface area contributed by atoms with Crippen molar-refractivity contribution >= 4 is 21.8 Å². The molecule has 3 rings (SSSR count). The van der Waals surface area contributed by atoms with Gasteiger partial charge in [-0.05, 0) is 31.6 Å². The summed E-state index contributed by atoms with van der Waals surface area (Å²) in [5.74, 6) is -0.654. The number of nitrogens with one attached hydrogen (secondary N) is 1. The van der Waals surface area contributed by atoms with Gasteiger partial charge in [0.15, 0.2) is 21.4 Å². The standard InChI is InChI=1S/C20H28FN3O5S/c1-14(17-9-18(16(21)10-22-17)29-12-15-5-6-15)13-30(27,28)8-4-2-3-7-24-11-19(25)23-20(24)26/h9-10,14-15H,2-8,11-13H2,1H3,(H,23,25,26)/t14-/m0/s1. The topological polar surface area (TPSA) is 106 Å². The molecule has 1 atom stereocenters. The largest absolute Gasteiger partial charge is 0.490 e. The van der Waals surface area contributed by atoms with Crippen LogP contribution in [0.1, 0.15) is 50.6 Å². The summed E-state index contributed by atoms with van der Waals surface area (Å²) in [6.45, 7) is 2.72. The Morgan fingerprint density at radius 2 is 2.07 bits per heavy atom. The highest BCUT2D eigenvalue weighted by atomic mass is 32.2. The lowest BCUT2D eigenvalue weighted by molar-refractivity contribution is -0.118. The Labute approximate surface area is 176 Å². The van der Waals surface area contributed by atoms with Crippen molar-refractivity contribution in [1.29, 1.82) is 0 Å². The molecule has 2 fully saturated rings. The zero-order valence-corrected chi connectivity index (χ0v) is 17.9. The highest BCUT2D eigenvalue weighted by Crippen LogP contribution is 2.31. The molecule has 166 valence electrons. The Morgan fingerprint density at radius 3 is 2.73 bits per heavy atom. The predicted molar refractivity (Wildman–Crippen MR) is 108 cm³/mol. The molecular weight excluding hydrogens is 413 g/mol. The van der Waals surface area contributed by atoms with Crippen molar-refractivity contribution in [1.82, 2.24) is 15.2 Å². The van der Waals surface area contributed by atoms with E-state index in [0.29, 0.717) is 44.0 Å². The van der Waals surface area contributed by atoms with Crippen LogP contribution in [0, 0.1) is 11.7 Å². The number of unbranched alkanes of at least 4 members (excludes halogenated alkanes) is 2. The number of nitrogens with zero attached hydrogens (tertiary/aromatic N) is 2. The van der Waals surface area contributed by atoms with E-state index in [9.17, 15) is 22.4 Å². The Morgan fingerprint density at radius 1 is 1.30 bits per heavy atom. The van der Waals surface area contributed by atoms with Gasteiger partial charge in [0.2, 0.25) is 5.91 Å². The van der Waals surface area contributed by atoms with E-state index >= 15 is 0 Å². The Balaban J connectivity index is 1.42. The molecule has 1 aromatic heterocycles. The molecule has 1 aliphatic heterocycles. The number of carbonyl (C=O) groups is 2. The fourth-order valence-corrected chi connectivity index (χ4v) is 5.07. The van der Waals surface area contributed by atoms with Crippen LogP contribution in [-0.2, 0) is 14.6 Å². The van der Waals surface area contributed by atoms with E-state index in [-0.39, 0.29) is 35.6 Å². The summed E-state index contributed by atoms with van der Waals surface area (Å²) < 4.78 is 44.3. The molecule has 0 aromatic carbocycles. The molecule has 10 heteroatoms. The minimum atomic E-state index is -3.31. The van der Waals surface area contributed by atoms with Crippen LogP contribution in [-0.4, -0.2) is 61.4 Å². The number of pyridine rings is 1. The number of rotatable bonds is 12. The van der Waals surface area contributed by atoms with Crippen molar-refractivity contribution in [3.05, 3.63) is 23.8 Å². The number of aromatic nitrogens is 1. The zero-order valence-electron chi connectivity index (χ0n) is 17.1. The minimum absolute atomic E-state index is 0.0364. The Kier molecular flexibility index (Phi) is 7.27. The summed E-state index contributed by atoms with van der Waals surface area (Å²) in [7, 11) is -3.31. The van der Waals surface area contributed by atoms with Crippen LogP contribution in [0.3, 0.4) is 0 Å². The van der Waals surface area contributed by atoms with Gasteiger partial charge in [-0.2, -0.15) is 0 Å². The van der Waals surface area contributed by atoms with Crippen molar-refractivity contribution in [2.24, 2.45) is 5.92 Å². The van der Waals surface area contributed by atoms with E-state index in [4.69, 9.17) is 4.74 Å². The minimum Gasteiger partial charge on any atom is -0.490 e. The Bertz CT molecular complexity index is 888. The predicted octanol–water partition coefficient (Wildman–Crippen LogP) is 2.25. The molecule has 8 nitrogen and oxygen atoms in total. The number of hydrogen-bond donors (Lipinski definition) is 1. The first-order chi connectivity index (χ1) is 14.2. The number of urea groups is 1. The molecule has 2 aliphatic rings. The third kappa shape index (κ3) is 6.65. The zero-order chi connectivity index (χ0) is 21.7. The van der Waals surface area contributed by atoms with Gasteiger partial charge in [-0.1, -0.05) is 13.3 Å². The lowest BCUT2D eigenvalue weighted by Gasteiger charge is -2.14. The summed E-state index contributed by atoms with van der Waals surface area (Å²) in [5, 5.41) is 2.21. The van der Waals surface area contributed by atoms with E-state index in [1.165, 1.54) is 11.0 Å². The molecular formula is C20H28FN3O5S. The molecule has 3 amide bonds. The molecule has 2 heterocycles. The molecule has 1 aliphatic carbocycles. The van der Waals surface area contributed by atoms with Gasteiger partial charge in [0.1, 0.15) is 6.54 Å². The van der Waals surface area contributed by atoms with Gasteiger partial charge in [-0.25, -0.2) is 17.6 Å². The van der Waals surface area contributed by atoms with E-state index in [1.54, 1.807) is 6.92 Å². The SMILES string of the molecule is C[C@@H](CS(=O)(=O)CCCCCN1CC(=O)NC1=O)c1cc(OCC2CC2)c(F)cn1. The van der Waals surface area contributed by atoms with Crippen LogP contribution in [0.25, 0.3) is 0 Å². The lowest BCUT2D eigenvalue weighted by Crippen LogP contribution is -2.29. The average molecular weight is 442 g/mol. The molecule has 1 N–H and O–H groups in total. The van der Waals surface area contributed by atoms with Gasteiger partial charge in [0.05, 0.1) is 24.3 Å². The Hall–Kier alpha value is -2.23. The molecule has 30 heavy (non-hydrogen) atoms. The van der Waals surface area contributed by atoms with Crippen molar-refractivity contribution < 1.29 is 27.1 Å². The summed E-state index contributed by atoms with van der Waals surface area (Å²) in [4.78, 5) is 28.0. The summed E-state index contributed by atoms with van der Waals surface area (Å²) in [5.41, 5.74) is 0.496. The molecule has 0 unspecified atom stereocenters. The maximum atomic E-state index is 13.9. The van der Waals surface area contributed by atoms with Crippen LogP contribution >= 0.6 is 0 Å². The number of imide groups is 1. The second kappa shape index (κ2) is 9.72. The molecule has 1 aromatic rings. The van der Waals surface area contributed by atoms with Crippen molar-refractivity contribution in [3.8, 4) is 5.75 Å². The first kappa shape index (κ1) is 22.5. The lowest BCUT2D eigenvalue weighted by atomic mass is 10.1. The van der Waals surface area contributed by atoms with Gasteiger partial charge < -0.3 is 9.64 Å². The molecule has 0 spiro atoms. The number of ether oxygens (including phenoxy) is 1. The fraction of sp³-hybridized carbons (Fsp3) is 0.650.